The summed E-state index contributed by atoms with van der Waals surface area (Å²) in [6, 6.07) is 6.34. The first-order chi connectivity index (χ1) is 8.63. The molecule has 0 aromatic heterocycles. The first-order valence-corrected chi connectivity index (χ1v) is 5.98. The Morgan fingerprint density at radius 3 is 2.44 bits per heavy atom. The van der Waals surface area contributed by atoms with Gasteiger partial charge in [0.1, 0.15) is 12.4 Å². The van der Waals surface area contributed by atoms with Gasteiger partial charge in [0.15, 0.2) is 0 Å². The zero-order valence-corrected chi connectivity index (χ0v) is 10.3. The number of hydrogen-bond acceptors (Lipinski definition) is 2. The molecule has 0 amide bonds. The molecule has 1 atom stereocenters. The number of nitrogens with one attached hydrogen (secondary N) is 1. The summed E-state index contributed by atoms with van der Waals surface area (Å²) in [7, 11) is 0. The van der Waals surface area contributed by atoms with Crippen LogP contribution in [-0.2, 0) is 4.74 Å². The van der Waals surface area contributed by atoms with E-state index in [1.807, 2.05) is 6.92 Å². The minimum atomic E-state index is -2.43. The quantitative estimate of drug-likeness (QED) is 0.726. The molecule has 1 rings (SSSR count). The van der Waals surface area contributed by atoms with Crippen LogP contribution >= 0.6 is 0 Å². The van der Waals surface area contributed by atoms with Gasteiger partial charge in [0.05, 0.1) is 6.61 Å². The molecule has 1 aromatic rings. The van der Waals surface area contributed by atoms with Gasteiger partial charge in [-0.25, -0.2) is 13.2 Å². The molecule has 0 heterocycles. The fourth-order valence-corrected chi connectivity index (χ4v) is 1.67. The van der Waals surface area contributed by atoms with E-state index in [0.29, 0.717) is 6.54 Å². The van der Waals surface area contributed by atoms with Crippen molar-refractivity contribution < 1.29 is 17.9 Å². The molecule has 0 aliphatic carbocycles. The van der Waals surface area contributed by atoms with Gasteiger partial charge in [0.2, 0.25) is 0 Å². The molecule has 2 nitrogen and oxygen atoms in total. The second-order valence-corrected chi connectivity index (χ2v) is 3.93. The first kappa shape index (κ1) is 15.0. The lowest BCUT2D eigenvalue weighted by Gasteiger charge is -2.17. The summed E-state index contributed by atoms with van der Waals surface area (Å²) in [4.78, 5) is 0. The van der Waals surface area contributed by atoms with Crippen molar-refractivity contribution in [3.05, 3.63) is 35.6 Å². The molecule has 0 saturated carbocycles. The van der Waals surface area contributed by atoms with E-state index in [2.05, 4.69) is 5.32 Å². The van der Waals surface area contributed by atoms with E-state index in [1.165, 1.54) is 12.1 Å². The monoisotopic (exact) mass is 261 g/mol. The Balaban J connectivity index is 2.31. The lowest BCUT2D eigenvalue weighted by molar-refractivity contribution is 0.0181. The Bertz CT molecular complexity index is 330. The molecule has 18 heavy (non-hydrogen) atoms. The van der Waals surface area contributed by atoms with Crippen molar-refractivity contribution in [3.63, 3.8) is 0 Å². The van der Waals surface area contributed by atoms with Crippen molar-refractivity contribution in [1.29, 1.82) is 0 Å². The molecule has 0 bridgehead atoms. The van der Waals surface area contributed by atoms with Gasteiger partial charge in [-0.3, -0.25) is 0 Å². The van der Waals surface area contributed by atoms with Crippen LogP contribution in [0, 0.1) is 5.82 Å². The lowest BCUT2D eigenvalue weighted by atomic mass is 10.0. The van der Waals surface area contributed by atoms with Gasteiger partial charge in [-0.15, -0.1) is 0 Å². The number of hydrogen-bond donors (Lipinski definition) is 1. The highest BCUT2D eigenvalue weighted by Gasteiger charge is 2.08. The summed E-state index contributed by atoms with van der Waals surface area (Å²) >= 11 is 0. The minimum Gasteiger partial charge on any atom is -0.374 e. The van der Waals surface area contributed by atoms with E-state index in [1.54, 1.807) is 12.1 Å². The number of ether oxygens (including phenoxy) is 1. The third kappa shape index (κ3) is 5.51. The van der Waals surface area contributed by atoms with Crippen molar-refractivity contribution in [2.24, 2.45) is 0 Å². The average molecular weight is 261 g/mol. The SMILES string of the molecule is CCC(NCCOCC(F)F)c1ccc(F)cc1. The lowest BCUT2D eigenvalue weighted by Crippen LogP contribution is -2.25. The molecule has 1 N–H and O–H groups in total. The van der Waals surface area contributed by atoms with Crippen molar-refractivity contribution in [1.82, 2.24) is 5.32 Å². The molecular weight excluding hydrogens is 243 g/mol. The number of halogens is 3. The highest BCUT2D eigenvalue weighted by Crippen LogP contribution is 2.16. The van der Waals surface area contributed by atoms with Crippen LogP contribution < -0.4 is 5.32 Å². The molecule has 102 valence electrons. The molecule has 0 radical (unpaired) electrons. The summed E-state index contributed by atoms with van der Waals surface area (Å²) in [5.74, 6) is -0.270. The Hall–Kier alpha value is -1.07. The predicted octanol–water partition coefficient (Wildman–Crippen LogP) is 3.15. The Labute approximate surface area is 105 Å². The van der Waals surface area contributed by atoms with Crippen LogP contribution in [0.25, 0.3) is 0 Å². The van der Waals surface area contributed by atoms with Crippen LogP contribution in [0.3, 0.4) is 0 Å². The maximum Gasteiger partial charge on any atom is 0.261 e. The Morgan fingerprint density at radius 2 is 1.89 bits per heavy atom. The van der Waals surface area contributed by atoms with Gasteiger partial charge < -0.3 is 10.1 Å². The van der Waals surface area contributed by atoms with Crippen LogP contribution in [0.2, 0.25) is 0 Å². The van der Waals surface area contributed by atoms with Gasteiger partial charge in [-0.1, -0.05) is 19.1 Å². The third-order valence-corrected chi connectivity index (χ3v) is 2.56. The summed E-state index contributed by atoms with van der Waals surface area (Å²) in [6.45, 7) is 2.20. The standard InChI is InChI=1S/C13H18F3NO/c1-2-12(10-3-5-11(14)6-4-10)17-7-8-18-9-13(15)16/h3-6,12-13,17H,2,7-9H2,1H3. The van der Waals surface area contributed by atoms with Crippen LogP contribution in [-0.4, -0.2) is 26.2 Å². The topological polar surface area (TPSA) is 21.3 Å². The largest absolute Gasteiger partial charge is 0.374 e. The minimum absolute atomic E-state index is 0.0840. The van der Waals surface area contributed by atoms with Crippen molar-refractivity contribution >= 4 is 0 Å². The highest BCUT2D eigenvalue weighted by molar-refractivity contribution is 5.19. The van der Waals surface area contributed by atoms with Crippen molar-refractivity contribution in [2.45, 2.75) is 25.8 Å². The maximum atomic E-state index is 12.8. The second-order valence-electron chi connectivity index (χ2n) is 3.93. The van der Waals surface area contributed by atoms with E-state index >= 15 is 0 Å². The van der Waals surface area contributed by atoms with Crippen LogP contribution in [0.4, 0.5) is 13.2 Å². The zero-order valence-electron chi connectivity index (χ0n) is 10.3. The fourth-order valence-electron chi connectivity index (χ4n) is 1.67. The molecule has 1 unspecified atom stereocenters. The molecule has 0 aliphatic heterocycles. The van der Waals surface area contributed by atoms with E-state index in [0.717, 1.165) is 12.0 Å². The van der Waals surface area contributed by atoms with Gasteiger partial charge in [-0.2, -0.15) is 0 Å². The smallest absolute Gasteiger partial charge is 0.261 e. The number of rotatable bonds is 8. The Morgan fingerprint density at radius 1 is 1.22 bits per heavy atom. The molecular formula is C13H18F3NO. The van der Waals surface area contributed by atoms with Crippen LogP contribution in [0.5, 0.6) is 0 Å². The third-order valence-electron chi connectivity index (χ3n) is 2.56. The molecule has 1 aromatic carbocycles. The molecule has 0 aliphatic rings. The maximum absolute atomic E-state index is 12.8. The van der Waals surface area contributed by atoms with E-state index in [-0.39, 0.29) is 18.5 Å². The molecule has 0 spiro atoms. The molecule has 5 heteroatoms. The van der Waals surface area contributed by atoms with E-state index in [9.17, 15) is 13.2 Å². The number of benzene rings is 1. The van der Waals surface area contributed by atoms with Gasteiger partial charge >= 0.3 is 0 Å². The number of alkyl halides is 2. The normalized spacial score (nSPS) is 12.9. The van der Waals surface area contributed by atoms with E-state index < -0.39 is 13.0 Å². The fraction of sp³-hybridized carbons (Fsp3) is 0.538. The summed E-state index contributed by atoms with van der Waals surface area (Å²) in [6.07, 6.45) is -1.59. The molecule has 0 fully saturated rings. The summed E-state index contributed by atoms with van der Waals surface area (Å²) in [5, 5.41) is 3.19. The van der Waals surface area contributed by atoms with Gasteiger partial charge in [0, 0.05) is 12.6 Å². The van der Waals surface area contributed by atoms with Gasteiger partial charge in [0.25, 0.3) is 6.43 Å². The van der Waals surface area contributed by atoms with Gasteiger partial charge in [-0.05, 0) is 24.1 Å². The van der Waals surface area contributed by atoms with Crippen LogP contribution in [0.15, 0.2) is 24.3 Å². The Kier molecular flexibility index (Phi) is 6.75. The van der Waals surface area contributed by atoms with E-state index in [4.69, 9.17) is 4.74 Å². The zero-order chi connectivity index (χ0) is 13.4. The highest BCUT2D eigenvalue weighted by atomic mass is 19.3. The summed E-state index contributed by atoms with van der Waals surface area (Å²) < 4.78 is 41.2. The van der Waals surface area contributed by atoms with Crippen molar-refractivity contribution in [3.8, 4) is 0 Å². The van der Waals surface area contributed by atoms with Crippen molar-refractivity contribution in [2.75, 3.05) is 19.8 Å². The summed E-state index contributed by atoms with van der Waals surface area (Å²) in [5.41, 5.74) is 0.979. The first-order valence-electron chi connectivity index (χ1n) is 5.98. The second kappa shape index (κ2) is 8.11. The molecule has 0 saturated heterocycles. The van der Waals surface area contributed by atoms with Crippen LogP contribution in [0.1, 0.15) is 24.9 Å². The predicted molar refractivity (Wildman–Crippen MR) is 64.3 cm³/mol. The average Bonchev–Trinajstić information content (AvgIpc) is 2.35.